The Bertz CT molecular complexity index is 581. The van der Waals surface area contributed by atoms with Crippen LogP contribution in [0.5, 0.6) is 0 Å². The Morgan fingerprint density at radius 2 is 1.95 bits per heavy atom. The fourth-order valence-corrected chi connectivity index (χ4v) is 2.58. The molecule has 1 aromatic carbocycles. The summed E-state index contributed by atoms with van der Waals surface area (Å²) in [5, 5.41) is 3.00. The van der Waals surface area contributed by atoms with Crippen LogP contribution in [0.3, 0.4) is 0 Å². The number of pyridine rings is 1. The van der Waals surface area contributed by atoms with E-state index in [1.165, 1.54) is 0 Å². The molecule has 1 atom stereocenters. The molecular formula is C17H19BrN2O. The van der Waals surface area contributed by atoms with Crippen molar-refractivity contribution in [3.05, 3.63) is 64.4 Å². The van der Waals surface area contributed by atoms with E-state index in [-0.39, 0.29) is 17.7 Å². The predicted molar refractivity (Wildman–Crippen MR) is 87.8 cm³/mol. The van der Waals surface area contributed by atoms with Crippen molar-refractivity contribution in [3.63, 3.8) is 0 Å². The highest BCUT2D eigenvalue weighted by atomic mass is 79.9. The first kappa shape index (κ1) is 15.7. The van der Waals surface area contributed by atoms with E-state index < -0.39 is 0 Å². The largest absolute Gasteiger partial charge is 0.351 e. The number of hydrogen-bond acceptors (Lipinski definition) is 2. The summed E-state index contributed by atoms with van der Waals surface area (Å²) < 4.78 is 1.02. The molecule has 4 heteroatoms. The maximum Gasteiger partial charge on any atom is 0.228 e. The van der Waals surface area contributed by atoms with Gasteiger partial charge in [0.1, 0.15) is 0 Å². The zero-order valence-electron chi connectivity index (χ0n) is 12.2. The van der Waals surface area contributed by atoms with Gasteiger partial charge in [-0.25, -0.2) is 0 Å². The molecule has 1 N–H and O–H groups in total. The van der Waals surface area contributed by atoms with Crippen molar-refractivity contribution in [1.82, 2.24) is 10.3 Å². The molecule has 1 heterocycles. The first-order valence-corrected chi connectivity index (χ1v) is 7.79. The number of amides is 1. The van der Waals surface area contributed by atoms with E-state index in [0.717, 1.165) is 15.6 Å². The van der Waals surface area contributed by atoms with Gasteiger partial charge in [0.25, 0.3) is 0 Å². The highest BCUT2D eigenvalue weighted by Gasteiger charge is 2.23. The molecule has 1 aromatic heterocycles. The molecular weight excluding hydrogens is 328 g/mol. The van der Waals surface area contributed by atoms with Crippen molar-refractivity contribution >= 4 is 21.8 Å². The average molecular weight is 347 g/mol. The summed E-state index contributed by atoms with van der Waals surface area (Å²) in [6.07, 6.45) is 3.49. The maximum atomic E-state index is 12.5. The molecule has 0 saturated heterocycles. The van der Waals surface area contributed by atoms with Crippen molar-refractivity contribution in [2.75, 3.05) is 0 Å². The zero-order valence-corrected chi connectivity index (χ0v) is 13.8. The second-order valence-electron chi connectivity index (χ2n) is 5.35. The van der Waals surface area contributed by atoms with E-state index in [2.05, 4.69) is 40.1 Å². The van der Waals surface area contributed by atoms with Crippen LogP contribution in [0.2, 0.25) is 0 Å². The summed E-state index contributed by atoms with van der Waals surface area (Å²) >= 11 is 3.42. The van der Waals surface area contributed by atoms with Crippen molar-refractivity contribution < 1.29 is 4.79 Å². The number of nitrogens with one attached hydrogen (secondary N) is 1. The second kappa shape index (κ2) is 7.36. The van der Waals surface area contributed by atoms with E-state index in [1.54, 1.807) is 12.4 Å². The van der Waals surface area contributed by atoms with Crippen LogP contribution in [-0.2, 0) is 11.3 Å². The quantitative estimate of drug-likeness (QED) is 0.891. The fourth-order valence-electron chi connectivity index (χ4n) is 2.31. The third-order valence-corrected chi connectivity index (χ3v) is 3.90. The molecule has 0 radical (unpaired) electrons. The summed E-state index contributed by atoms with van der Waals surface area (Å²) in [4.78, 5) is 16.6. The van der Waals surface area contributed by atoms with Gasteiger partial charge in [-0.05, 0) is 35.2 Å². The summed E-state index contributed by atoms with van der Waals surface area (Å²) in [6.45, 7) is 4.64. The number of rotatable bonds is 5. The molecule has 0 bridgehead atoms. The maximum absolute atomic E-state index is 12.5. The minimum absolute atomic E-state index is 0.0520. The van der Waals surface area contributed by atoms with Gasteiger partial charge in [-0.3, -0.25) is 9.78 Å². The van der Waals surface area contributed by atoms with Crippen LogP contribution in [0, 0.1) is 5.92 Å². The zero-order chi connectivity index (χ0) is 15.2. The predicted octanol–water partition coefficient (Wildman–Crippen LogP) is 3.90. The van der Waals surface area contributed by atoms with Crippen LogP contribution in [0.4, 0.5) is 0 Å². The second-order valence-corrected chi connectivity index (χ2v) is 6.27. The molecule has 0 fully saturated rings. The van der Waals surface area contributed by atoms with E-state index in [1.807, 2.05) is 36.4 Å². The number of hydrogen-bond donors (Lipinski definition) is 1. The lowest BCUT2D eigenvalue weighted by Gasteiger charge is -2.21. The molecule has 0 aliphatic heterocycles. The summed E-state index contributed by atoms with van der Waals surface area (Å²) in [5.41, 5.74) is 2.04. The molecule has 1 unspecified atom stereocenters. The normalized spacial score (nSPS) is 12.2. The first-order valence-electron chi connectivity index (χ1n) is 7.00. The third-order valence-electron chi connectivity index (χ3n) is 3.37. The highest BCUT2D eigenvalue weighted by Crippen LogP contribution is 2.26. The Hall–Kier alpha value is -1.68. The number of aromatic nitrogens is 1. The van der Waals surface area contributed by atoms with Gasteiger partial charge in [0.05, 0.1) is 5.92 Å². The number of nitrogens with zero attached hydrogens (tertiary/aromatic N) is 1. The Kier molecular flexibility index (Phi) is 5.51. The molecule has 0 aliphatic carbocycles. The van der Waals surface area contributed by atoms with Crippen molar-refractivity contribution in [2.45, 2.75) is 26.3 Å². The molecule has 0 spiro atoms. The van der Waals surface area contributed by atoms with Gasteiger partial charge in [-0.1, -0.05) is 48.0 Å². The van der Waals surface area contributed by atoms with Gasteiger partial charge in [-0.2, -0.15) is 0 Å². The standard InChI is InChI=1S/C17H19BrN2O/c1-12(2)16(14-5-7-15(18)8-6-14)17(21)20-11-13-4-3-9-19-10-13/h3-10,12,16H,11H2,1-2H3,(H,20,21). The lowest BCUT2D eigenvalue weighted by atomic mass is 9.87. The number of carbonyl (C=O) groups excluding carboxylic acids is 1. The third kappa shape index (κ3) is 4.39. The van der Waals surface area contributed by atoms with E-state index in [0.29, 0.717) is 6.54 Å². The monoisotopic (exact) mass is 346 g/mol. The Balaban J connectivity index is 2.07. The Morgan fingerprint density at radius 1 is 1.24 bits per heavy atom. The lowest BCUT2D eigenvalue weighted by Crippen LogP contribution is -2.31. The van der Waals surface area contributed by atoms with Gasteiger partial charge >= 0.3 is 0 Å². The summed E-state index contributed by atoms with van der Waals surface area (Å²) in [6, 6.07) is 11.8. The van der Waals surface area contributed by atoms with E-state index in [9.17, 15) is 4.79 Å². The lowest BCUT2D eigenvalue weighted by molar-refractivity contribution is -0.123. The van der Waals surface area contributed by atoms with Gasteiger partial charge in [-0.15, -0.1) is 0 Å². The minimum atomic E-state index is -0.144. The molecule has 2 rings (SSSR count). The van der Waals surface area contributed by atoms with E-state index >= 15 is 0 Å². The van der Waals surface area contributed by atoms with Crippen LogP contribution >= 0.6 is 15.9 Å². The smallest absolute Gasteiger partial charge is 0.228 e. The van der Waals surface area contributed by atoms with Crippen molar-refractivity contribution in [3.8, 4) is 0 Å². The number of halogens is 1. The Morgan fingerprint density at radius 3 is 2.52 bits per heavy atom. The SMILES string of the molecule is CC(C)C(C(=O)NCc1cccnc1)c1ccc(Br)cc1. The fraction of sp³-hybridized carbons (Fsp3) is 0.294. The van der Waals surface area contributed by atoms with Gasteiger partial charge < -0.3 is 5.32 Å². The molecule has 0 saturated carbocycles. The molecule has 3 nitrogen and oxygen atoms in total. The molecule has 0 aliphatic rings. The van der Waals surface area contributed by atoms with Gasteiger partial charge in [0, 0.05) is 23.4 Å². The highest BCUT2D eigenvalue weighted by molar-refractivity contribution is 9.10. The van der Waals surface area contributed by atoms with E-state index in [4.69, 9.17) is 0 Å². The number of benzene rings is 1. The van der Waals surface area contributed by atoms with Crippen LogP contribution in [0.1, 0.15) is 30.9 Å². The Labute approximate surface area is 133 Å². The molecule has 2 aromatic rings. The van der Waals surface area contributed by atoms with Crippen LogP contribution in [0.25, 0.3) is 0 Å². The average Bonchev–Trinajstić information content (AvgIpc) is 2.48. The molecule has 21 heavy (non-hydrogen) atoms. The minimum Gasteiger partial charge on any atom is -0.351 e. The van der Waals surface area contributed by atoms with Crippen LogP contribution in [0.15, 0.2) is 53.3 Å². The summed E-state index contributed by atoms with van der Waals surface area (Å²) in [5.74, 6) is 0.144. The first-order chi connectivity index (χ1) is 10.1. The van der Waals surface area contributed by atoms with Crippen LogP contribution < -0.4 is 5.32 Å². The number of carbonyl (C=O) groups is 1. The molecule has 1 amide bonds. The molecule has 110 valence electrons. The van der Waals surface area contributed by atoms with Gasteiger partial charge in [0.15, 0.2) is 0 Å². The summed E-state index contributed by atoms with van der Waals surface area (Å²) in [7, 11) is 0. The van der Waals surface area contributed by atoms with Gasteiger partial charge in [0.2, 0.25) is 5.91 Å². The topological polar surface area (TPSA) is 42.0 Å². The van der Waals surface area contributed by atoms with Crippen molar-refractivity contribution in [2.24, 2.45) is 5.92 Å². The van der Waals surface area contributed by atoms with Crippen molar-refractivity contribution in [1.29, 1.82) is 0 Å². The van der Waals surface area contributed by atoms with Crippen LogP contribution in [-0.4, -0.2) is 10.9 Å².